The van der Waals surface area contributed by atoms with Gasteiger partial charge in [-0.1, -0.05) is 42.5 Å². The van der Waals surface area contributed by atoms with E-state index in [-0.39, 0.29) is 17.9 Å². The molecule has 2 aromatic carbocycles. The lowest BCUT2D eigenvalue weighted by Gasteiger charge is -2.36. The Balaban J connectivity index is 1.30. The van der Waals surface area contributed by atoms with Gasteiger partial charge in [0.15, 0.2) is 0 Å². The van der Waals surface area contributed by atoms with Crippen molar-refractivity contribution < 1.29 is 14.3 Å². The number of amides is 2. The van der Waals surface area contributed by atoms with Gasteiger partial charge < -0.3 is 19.9 Å². The molecule has 2 saturated heterocycles. The van der Waals surface area contributed by atoms with E-state index in [9.17, 15) is 9.59 Å². The first-order valence-corrected chi connectivity index (χ1v) is 11.2. The molecule has 2 amide bonds. The van der Waals surface area contributed by atoms with Crippen LogP contribution in [0.15, 0.2) is 54.6 Å². The Kier molecular flexibility index (Phi) is 7.20. The van der Waals surface area contributed by atoms with Gasteiger partial charge in [-0.2, -0.15) is 0 Å². The number of piperidine rings is 1. The van der Waals surface area contributed by atoms with Crippen molar-refractivity contribution in [2.75, 3.05) is 44.3 Å². The number of rotatable bonds is 6. The lowest BCUT2D eigenvalue weighted by molar-refractivity contribution is -0.121. The average molecular weight is 422 g/mol. The largest absolute Gasteiger partial charge is 0.378 e. The number of aryl methyl sites for hydroxylation is 1. The molecule has 2 heterocycles. The van der Waals surface area contributed by atoms with Gasteiger partial charge >= 0.3 is 0 Å². The molecule has 0 saturated carbocycles. The highest BCUT2D eigenvalue weighted by Crippen LogP contribution is 2.26. The van der Waals surface area contributed by atoms with E-state index in [1.54, 1.807) is 0 Å². The number of nitrogens with one attached hydrogen (secondary N) is 1. The molecule has 0 radical (unpaired) electrons. The number of hydrogen-bond acceptors (Lipinski definition) is 4. The molecule has 0 aliphatic carbocycles. The smallest absolute Gasteiger partial charge is 0.256 e. The third-order valence-electron chi connectivity index (χ3n) is 6.12. The van der Waals surface area contributed by atoms with Gasteiger partial charge in [0, 0.05) is 44.3 Å². The van der Waals surface area contributed by atoms with E-state index >= 15 is 0 Å². The minimum atomic E-state index is 0.0789. The Hall–Kier alpha value is -2.86. The number of carbonyl (C=O) groups excluding carboxylic acids is 2. The molecule has 0 bridgehead atoms. The monoisotopic (exact) mass is 421 g/mol. The summed E-state index contributed by atoms with van der Waals surface area (Å²) in [6, 6.07) is 18.2. The standard InChI is InChI=1S/C25H31N3O3/c29-24(11-10-20-6-2-1-3-7-20)26-21-12-14-27(15-13-21)23-9-5-4-8-22(23)25(30)28-16-18-31-19-17-28/h1-9,21H,10-19H2,(H,26,29). The van der Waals surface area contributed by atoms with Gasteiger partial charge in [0.05, 0.1) is 18.8 Å². The van der Waals surface area contributed by atoms with Gasteiger partial charge in [-0.3, -0.25) is 9.59 Å². The molecule has 31 heavy (non-hydrogen) atoms. The number of nitrogens with zero attached hydrogens (tertiary/aromatic N) is 2. The summed E-state index contributed by atoms with van der Waals surface area (Å²) in [7, 11) is 0. The van der Waals surface area contributed by atoms with Gasteiger partial charge in [-0.05, 0) is 37.0 Å². The highest BCUT2D eigenvalue weighted by Gasteiger charge is 2.26. The molecule has 2 fully saturated rings. The molecule has 2 aliphatic heterocycles. The van der Waals surface area contributed by atoms with Crippen LogP contribution in [0.1, 0.15) is 35.2 Å². The molecule has 2 aliphatic rings. The highest BCUT2D eigenvalue weighted by molar-refractivity contribution is 6.00. The summed E-state index contributed by atoms with van der Waals surface area (Å²) in [6.07, 6.45) is 3.05. The molecule has 2 aromatic rings. The second-order valence-corrected chi connectivity index (χ2v) is 8.24. The minimum Gasteiger partial charge on any atom is -0.378 e. The molecule has 164 valence electrons. The maximum atomic E-state index is 13.0. The van der Waals surface area contributed by atoms with E-state index in [0.717, 1.165) is 43.6 Å². The Bertz CT molecular complexity index is 873. The number of carbonyl (C=O) groups is 2. The number of ether oxygens (including phenoxy) is 1. The molecular weight excluding hydrogens is 390 g/mol. The summed E-state index contributed by atoms with van der Waals surface area (Å²) in [4.78, 5) is 29.6. The first kappa shape index (κ1) is 21.4. The maximum absolute atomic E-state index is 13.0. The fourth-order valence-electron chi connectivity index (χ4n) is 4.33. The van der Waals surface area contributed by atoms with Crippen LogP contribution in [-0.2, 0) is 16.0 Å². The van der Waals surface area contributed by atoms with E-state index in [1.165, 1.54) is 5.56 Å². The summed E-state index contributed by atoms with van der Waals surface area (Å²) < 4.78 is 5.38. The Morgan fingerprint density at radius 3 is 2.32 bits per heavy atom. The van der Waals surface area contributed by atoms with E-state index in [2.05, 4.69) is 22.3 Å². The predicted octanol–water partition coefficient (Wildman–Crippen LogP) is 2.88. The summed E-state index contributed by atoms with van der Waals surface area (Å²) in [5.74, 6) is 0.195. The number of hydrogen-bond donors (Lipinski definition) is 1. The molecule has 6 heteroatoms. The van der Waals surface area contributed by atoms with Crippen LogP contribution in [0.25, 0.3) is 0 Å². The summed E-state index contributed by atoms with van der Waals surface area (Å²) in [5, 5.41) is 3.20. The van der Waals surface area contributed by atoms with Gasteiger partial charge in [0.2, 0.25) is 5.91 Å². The quantitative estimate of drug-likeness (QED) is 0.779. The third kappa shape index (κ3) is 5.64. The second-order valence-electron chi connectivity index (χ2n) is 8.24. The lowest BCUT2D eigenvalue weighted by Crippen LogP contribution is -2.45. The molecule has 0 aromatic heterocycles. The predicted molar refractivity (Wildman–Crippen MR) is 121 cm³/mol. The van der Waals surface area contributed by atoms with Crippen molar-refractivity contribution in [1.82, 2.24) is 10.2 Å². The van der Waals surface area contributed by atoms with Crippen molar-refractivity contribution in [3.05, 3.63) is 65.7 Å². The van der Waals surface area contributed by atoms with Crippen LogP contribution in [-0.4, -0.2) is 62.1 Å². The SMILES string of the molecule is O=C(CCc1ccccc1)NC1CCN(c2ccccc2C(=O)N2CCOCC2)CC1. The summed E-state index contributed by atoms with van der Waals surface area (Å²) in [6.45, 7) is 4.15. The van der Waals surface area contributed by atoms with Crippen LogP contribution >= 0.6 is 0 Å². The fourth-order valence-corrected chi connectivity index (χ4v) is 4.33. The Morgan fingerprint density at radius 2 is 1.58 bits per heavy atom. The first-order chi connectivity index (χ1) is 15.2. The van der Waals surface area contributed by atoms with Crippen molar-refractivity contribution >= 4 is 17.5 Å². The van der Waals surface area contributed by atoms with Crippen LogP contribution in [0.2, 0.25) is 0 Å². The fraction of sp³-hybridized carbons (Fsp3) is 0.440. The Morgan fingerprint density at radius 1 is 0.903 bits per heavy atom. The van der Waals surface area contributed by atoms with Crippen molar-refractivity contribution in [2.45, 2.75) is 31.7 Å². The zero-order chi connectivity index (χ0) is 21.5. The van der Waals surface area contributed by atoms with Crippen LogP contribution < -0.4 is 10.2 Å². The molecule has 0 spiro atoms. The summed E-state index contributed by atoms with van der Waals surface area (Å²) in [5.41, 5.74) is 2.94. The van der Waals surface area contributed by atoms with Crippen molar-refractivity contribution in [3.8, 4) is 0 Å². The maximum Gasteiger partial charge on any atom is 0.256 e. The summed E-state index contributed by atoms with van der Waals surface area (Å²) >= 11 is 0. The molecule has 4 rings (SSSR count). The van der Waals surface area contributed by atoms with E-state index < -0.39 is 0 Å². The van der Waals surface area contributed by atoms with Gasteiger partial charge in [0.1, 0.15) is 0 Å². The average Bonchev–Trinajstić information content (AvgIpc) is 2.84. The third-order valence-corrected chi connectivity index (χ3v) is 6.12. The van der Waals surface area contributed by atoms with Gasteiger partial charge in [0.25, 0.3) is 5.91 Å². The highest BCUT2D eigenvalue weighted by atomic mass is 16.5. The lowest BCUT2D eigenvalue weighted by atomic mass is 10.0. The Labute approximate surface area is 184 Å². The molecule has 0 atom stereocenters. The zero-order valence-electron chi connectivity index (χ0n) is 18.0. The number of anilines is 1. The first-order valence-electron chi connectivity index (χ1n) is 11.2. The van der Waals surface area contributed by atoms with Gasteiger partial charge in [-0.25, -0.2) is 0 Å². The molecular formula is C25H31N3O3. The zero-order valence-corrected chi connectivity index (χ0v) is 18.0. The number of para-hydroxylation sites is 1. The van der Waals surface area contributed by atoms with Crippen LogP contribution in [0, 0.1) is 0 Å². The van der Waals surface area contributed by atoms with Crippen LogP contribution in [0.5, 0.6) is 0 Å². The van der Waals surface area contributed by atoms with Crippen molar-refractivity contribution in [3.63, 3.8) is 0 Å². The number of benzene rings is 2. The molecule has 1 N–H and O–H groups in total. The topological polar surface area (TPSA) is 61.9 Å². The van der Waals surface area contributed by atoms with E-state index in [0.29, 0.717) is 32.7 Å². The van der Waals surface area contributed by atoms with Crippen LogP contribution in [0.4, 0.5) is 5.69 Å². The molecule has 6 nitrogen and oxygen atoms in total. The number of morpholine rings is 1. The normalized spacial score (nSPS) is 17.4. The second kappa shape index (κ2) is 10.4. The molecule has 0 unspecified atom stereocenters. The van der Waals surface area contributed by atoms with Crippen LogP contribution in [0.3, 0.4) is 0 Å². The minimum absolute atomic E-state index is 0.0789. The van der Waals surface area contributed by atoms with Gasteiger partial charge in [-0.15, -0.1) is 0 Å². The van der Waals surface area contributed by atoms with Crippen molar-refractivity contribution in [1.29, 1.82) is 0 Å². The van der Waals surface area contributed by atoms with Crippen molar-refractivity contribution in [2.24, 2.45) is 0 Å². The van der Waals surface area contributed by atoms with E-state index in [4.69, 9.17) is 4.74 Å². The van der Waals surface area contributed by atoms with E-state index in [1.807, 2.05) is 47.4 Å².